The van der Waals surface area contributed by atoms with Crippen molar-refractivity contribution in [2.75, 3.05) is 5.33 Å². The van der Waals surface area contributed by atoms with Gasteiger partial charge in [-0.2, -0.15) is 0 Å². The van der Waals surface area contributed by atoms with Crippen LogP contribution < -0.4 is 0 Å². The number of alkyl halides is 1. The topological polar surface area (TPSA) is 0 Å². The highest BCUT2D eigenvalue weighted by molar-refractivity contribution is 9.09. The number of halogens is 1. The summed E-state index contributed by atoms with van der Waals surface area (Å²) in [5, 5.41) is 0.997. The highest BCUT2D eigenvalue weighted by atomic mass is 79.9. The Balaban J connectivity index is 3.05. The molecule has 1 aromatic rings. The van der Waals surface area contributed by atoms with Crippen LogP contribution in [-0.4, -0.2) is 5.33 Å². The first-order valence-corrected chi connectivity index (χ1v) is 5.37. The highest BCUT2D eigenvalue weighted by Gasteiger charge is 1.97. The van der Waals surface area contributed by atoms with E-state index in [1.54, 1.807) is 0 Å². The molecule has 1 aromatic carbocycles. The fraction of sp³-hybridized carbons (Fsp3) is 0.167. The van der Waals surface area contributed by atoms with Crippen molar-refractivity contribution in [3.8, 4) is 0 Å². The zero-order valence-electron chi connectivity index (χ0n) is 7.59. The SMILES string of the molecule is C=Cc1ccc(CCBr)cc1C=C. The average molecular weight is 237 g/mol. The molecule has 0 amide bonds. The van der Waals surface area contributed by atoms with Gasteiger partial charge in [-0.05, 0) is 23.1 Å². The van der Waals surface area contributed by atoms with Gasteiger partial charge in [-0.1, -0.05) is 59.4 Å². The van der Waals surface area contributed by atoms with Crippen LogP contribution in [0.15, 0.2) is 31.4 Å². The lowest BCUT2D eigenvalue weighted by Crippen LogP contribution is -1.88. The van der Waals surface area contributed by atoms with Crippen LogP contribution in [0.5, 0.6) is 0 Å². The van der Waals surface area contributed by atoms with Crippen LogP contribution in [0.3, 0.4) is 0 Å². The second kappa shape index (κ2) is 5.03. The molecule has 0 aliphatic rings. The van der Waals surface area contributed by atoms with Gasteiger partial charge in [0.15, 0.2) is 0 Å². The zero-order chi connectivity index (χ0) is 9.68. The Labute approximate surface area is 88.1 Å². The largest absolute Gasteiger partial charge is 0.0984 e. The van der Waals surface area contributed by atoms with Crippen LogP contribution in [0.2, 0.25) is 0 Å². The Morgan fingerprint density at radius 2 is 1.85 bits per heavy atom. The maximum atomic E-state index is 3.78. The third-order valence-electron chi connectivity index (χ3n) is 1.97. The maximum Gasteiger partial charge on any atom is 0.00718 e. The summed E-state index contributed by atoms with van der Waals surface area (Å²) in [6, 6.07) is 6.37. The molecular formula is C12H13Br. The van der Waals surface area contributed by atoms with Crippen molar-refractivity contribution >= 4 is 28.1 Å². The summed E-state index contributed by atoms with van der Waals surface area (Å²) in [5.74, 6) is 0. The molecule has 13 heavy (non-hydrogen) atoms. The minimum Gasteiger partial charge on any atom is -0.0984 e. The number of benzene rings is 1. The number of aryl methyl sites for hydroxylation is 1. The molecule has 0 aromatic heterocycles. The summed E-state index contributed by atoms with van der Waals surface area (Å²) in [6.07, 6.45) is 4.78. The summed E-state index contributed by atoms with van der Waals surface area (Å²) >= 11 is 3.42. The Hall–Kier alpha value is -0.820. The van der Waals surface area contributed by atoms with Gasteiger partial charge in [0.1, 0.15) is 0 Å². The van der Waals surface area contributed by atoms with Crippen molar-refractivity contribution < 1.29 is 0 Å². The van der Waals surface area contributed by atoms with Crippen LogP contribution >= 0.6 is 15.9 Å². The first kappa shape index (κ1) is 10.3. The first-order valence-electron chi connectivity index (χ1n) is 4.25. The summed E-state index contributed by atoms with van der Waals surface area (Å²) < 4.78 is 0. The second-order valence-corrected chi connectivity index (χ2v) is 3.60. The Bertz CT molecular complexity index is 313. The van der Waals surface area contributed by atoms with Crippen LogP contribution in [0, 0.1) is 0 Å². The second-order valence-electron chi connectivity index (χ2n) is 2.81. The molecule has 0 spiro atoms. The molecule has 1 rings (SSSR count). The van der Waals surface area contributed by atoms with Crippen molar-refractivity contribution in [1.29, 1.82) is 0 Å². The van der Waals surface area contributed by atoms with Crippen molar-refractivity contribution in [3.63, 3.8) is 0 Å². The summed E-state index contributed by atoms with van der Waals surface area (Å²) in [7, 11) is 0. The predicted octanol–water partition coefficient (Wildman–Crippen LogP) is 3.91. The van der Waals surface area contributed by atoms with E-state index in [1.165, 1.54) is 5.56 Å². The molecule has 68 valence electrons. The van der Waals surface area contributed by atoms with E-state index in [9.17, 15) is 0 Å². The number of hydrogen-bond donors (Lipinski definition) is 0. The minimum absolute atomic E-state index is 0.997. The molecule has 0 radical (unpaired) electrons. The average Bonchev–Trinajstić information content (AvgIpc) is 2.18. The van der Waals surface area contributed by atoms with E-state index in [4.69, 9.17) is 0 Å². The van der Waals surface area contributed by atoms with Gasteiger partial charge in [-0.25, -0.2) is 0 Å². The van der Waals surface area contributed by atoms with E-state index >= 15 is 0 Å². The smallest absolute Gasteiger partial charge is 0.00718 e. The first-order chi connectivity index (χ1) is 6.31. The zero-order valence-corrected chi connectivity index (χ0v) is 9.18. The van der Waals surface area contributed by atoms with Gasteiger partial charge in [0.2, 0.25) is 0 Å². The van der Waals surface area contributed by atoms with Crippen LogP contribution in [0.1, 0.15) is 16.7 Å². The van der Waals surface area contributed by atoms with E-state index in [-0.39, 0.29) is 0 Å². The van der Waals surface area contributed by atoms with E-state index < -0.39 is 0 Å². The van der Waals surface area contributed by atoms with Crippen LogP contribution in [-0.2, 0) is 6.42 Å². The lowest BCUT2D eigenvalue weighted by atomic mass is 10.0. The Kier molecular flexibility index (Phi) is 3.97. The van der Waals surface area contributed by atoms with Crippen LogP contribution in [0.25, 0.3) is 12.2 Å². The molecule has 0 N–H and O–H groups in total. The van der Waals surface area contributed by atoms with Crippen molar-refractivity contribution in [3.05, 3.63) is 48.0 Å². The maximum absolute atomic E-state index is 3.78. The molecule has 0 aliphatic heterocycles. The normalized spacial score (nSPS) is 9.62. The number of rotatable bonds is 4. The van der Waals surface area contributed by atoms with Gasteiger partial charge in [0, 0.05) is 5.33 Å². The summed E-state index contributed by atoms with van der Waals surface area (Å²) in [4.78, 5) is 0. The lowest BCUT2D eigenvalue weighted by Gasteiger charge is -2.03. The molecule has 0 heterocycles. The van der Waals surface area contributed by atoms with Gasteiger partial charge in [0.05, 0.1) is 0 Å². The monoisotopic (exact) mass is 236 g/mol. The molecule has 0 unspecified atom stereocenters. The van der Waals surface area contributed by atoms with Crippen molar-refractivity contribution in [2.45, 2.75) is 6.42 Å². The molecule has 0 saturated carbocycles. The highest BCUT2D eigenvalue weighted by Crippen LogP contribution is 2.15. The van der Waals surface area contributed by atoms with Gasteiger partial charge < -0.3 is 0 Å². The molecule has 0 nitrogen and oxygen atoms in total. The van der Waals surface area contributed by atoms with Gasteiger partial charge in [-0.15, -0.1) is 0 Å². The molecule has 1 heteroatoms. The quantitative estimate of drug-likeness (QED) is 0.696. The van der Waals surface area contributed by atoms with Gasteiger partial charge >= 0.3 is 0 Å². The van der Waals surface area contributed by atoms with E-state index in [1.807, 2.05) is 12.2 Å². The van der Waals surface area contributed by atoms with Gasteiger partial charge in [-0.3, -0.25) is 0 Å². The number of hydrogen-bond acceptors (Lipinski definition) is 0. The summed E-state index contributed by atoms with van der Waals surface area (Å²) in [5.41, 5.74) is 3.64. The molecule has 0 fully saturated rings. The molecule has 0 atom stereocenters. The molecule has 0 saturated heterocycles. The van der Waals surface area contributed by atoms with Crippen molar-refractivity contribution in [2.24, 2.45) is 0 Å². The molecule has 0 aliphatic carbocycles. The van der Waals surface area contributed by atoms with Gasteiger partial charge in [0.25, 0.3) is 0 Å². The molecular weight excluding hydrogens is 224 g/mol. The van der Waals surface area contributed by atoms with Crippen LogP contribution in [0.4, 0.5) is 0 Å². The fourth-order valence-corrected chi connectivity index (χ4v) is 1.71. The van der Waals surface area contributed by atoms with E-state index in [0.717, 1.165) is 22.9 Å². The predicted molar refractivity (Wildman–Crippen MR) is 64.1 cm³/mol. The van der Waals surface area contributed by atoms with Crippen molar-refractivity contribution in [1.82, 2.24) is 0 Å². The third-order valence-corrected chi connectivity index (χ3v) is 2.37. The Morgan fingerprint density at radius 1 is 1.15 bits per heavy atom. The Morgan fingerprint density at radius 3 is 2.38 bits per heavy atom. The fourth-order valence-electron chi connectivity index (χ4n) is 1.25. The minimum atomic E-state index is 0.997. The summed E-state index contributed by atoms with van der Waals surface area (Å²) in [6.45, 7) is 7.54. The third kappa shape index (κ3) is 2.56. The molecule has 0 bridgehead atoms. The lowest BCUT2D eigenvalue weighted by molar-refractivity contribution is 1.17. The van der Waals surface area contributed by atoms with E-state index in [2.05, 4.69) is 47.3 Å². The van der Waals surface area contributed by atoms with E-state index in [0.29, 0.717) is 0 Å². The standard InChI is InChI=1S/C12H13Br/c1-3-11-6-5-10(7-8-13)9-12(11)4-2/h3-6,9H,1-2,7-8H2.